The predicted molar refractivity (Wildman–Crippen MR) is 150 cm³/mol. The molecule has 2 aliphatic carbocycles. The number of benzene rings is 1. The minimum absolute atomic E-state index is 0.0369. The molecule has 5 aliphatic rings. The first kappa shape index (κ1) is 27.4. The second-order valence-electron chi connectivity index (χ2n) is 13.4. The zero-order valence-electron chi connectivity index (χ0n) is 24.1. The lowest BCUT2D eigenvalue weighted by molar-refractivity contribution is -0.149. The normalized spacial score (nSPS) is 30.7. The van der Waals surface area contributed by atoms with Crippen molar-refractivity contribution in [2.75, 3.05) is 19.7 Å². The van der Waals surface area contributed by atoms with Gasteiger partial charge in [-0.3, -0.25) is 14.5 Å². The molecular formula is C31H44N4O5. The SMILES string of the molecule is CC(C)(C)OC(=O)N[C@H](C(=O)N1C[C@H]2C[C@@H]3C[C@@H]3N2C[C@H]1C(=O)N[C@@H]1CCOc2ccccc21)C1CCCCC1. The quantitative estimate of drug-likeness (QED) is 0.577. The molecule has 6 rings (SSSR count). The molecule has 2 saturated heterocycles. The summed E-state index contributed by atoms with van der Waals surface area (Å²) in [6.45, 7) is 7.07. The van der Waals surface area contributed by atoms with E-state index in [1.807, 2.05) is 45.0 Å². The van der Waals surface area contributed by atoms with Gasteiger partial charge in [-0.2, -0.15) is 0 Å². The smallest absolute Gasteiger partial charge is 0.408 e. The minimum atomic E-state index is -0.697. The van der Waals surface area contributed by atoms with Crippen LogP contribution in [0.1, 0.15) is 83.7 Å². The molecule has 218 valence electrons. The Morgan fingerprint density at radius 1 is 1.02 bits per heavy atom. The molecule has 4 fully saturated rings. The molecule has 3 heterocycles. The van der Waals surface area contributed by atoms with Crippen molar-refractivity contribution in [2.24, 2.45) is 11.8 Å². The Kier molecular flexibility index (Phi) is 7.44. The van der Waals surface area contributed by atoms with Crippen molar-refractivity contribution in [1.29, 1.82) is 0 Å². The number of carbonyl (C=O) groups excluding carboxylic acids is 3. The van der Waals surface area contributed by atoms with Crippen molar-refractivity contribution in [3.63, 3.8) is 0 Å². The molecule has 40 heavy (non-hydrogen) atoms. The van der Waals surface area contributed by atoms with E-state index in [-0.39, 0.29) is 29.8 Å². The Labute approximate surface area is 237 Å². The first-order valence-electron chi connectivity index (χ1n) is 15.3. The van der Waals surface area contributed by atoms with E-state index in [2.05, 4.69) is 15.5 Å². The van der Waals surface area contributed by atoms with Gasteiger partial charge in [-0.15, -0.1) is 0 Å². The Hall–Kier alpha value is -2.81. The maximum Gasteiger partial charge on any atom is 0.408 e. The van der Waals surface area contributed by atoms with E-state index in [9.17, 15) is 14.4 Å². The number of fused-ring (bicyclic) bond motifs is 4. The first-order valence-corrected chi connectivity index (χ1v) is 15.3. The van der Waals surface area contributed by atoms with E-state index < -0.39 is 23.8 Å². The van der Waals surface area contributed by atoms with Crippen LogP contribution in [0.2, 0.25) is 0 Å². The summed E-state index contributed by atoms with van der Waals surface area (Å²) < 4.78 is 11.4. The third-order valence-electron chi connectivity index (χ3n) is 9.44. The fourth-order valence-corrected chi connectivity index (χ4v) is 7.45. The molecular weight excluding hydrogens is 508 g/mol. The highest BCUT2D eigenvalue weighted by atomic mass is 16.6. The molecule has 1 aromatic carbocycles. The zero-order chi connectivity index (χ0) is 28.0. The van der Waals surface area contributed by atoms with Gasteiger partial charge in [0.1, 0.15) is 23.4 Å². The van der Waals surface area contributed by atoms with Gasteiger partial charge in [0.25, 0.3) is 0 Å². The number of rotatable bonds is 5. The van der Waals surface area contributed by atoms with Crippen molar-refractivity contribution in [1.82, 2.24) is 20.4 Å². The summed E-state index contributed by atoms with van der Waals surface area (Å²) in [4.78, 5) is 45.6. The zero-order valence-corrected chi connectivity index (χ0v) is 24.1. The molecule has 2 N–H and O–H groups in total. The Balaban J connectivity index is 1.25. The molecule has 3 aliphatic heterocycles. The van der Waals surface area contributed by atoms with Crippen LogP contribution in [-0.4, -0.2) is 77.2 Å². The lowest BCUT2D eigenvalue weighted by Gasteiger charge is -2.46. The average molecular weight is 553 g/mol. The molecule has 0 bridgehead atoms. The number of para-hydroxylation sites is 1. The maximum absolute atomic E-state index is 14.4. The summed E-state index contributed by atoms with van der Waals surface area (Å²) in [6, 6.07) is 7.18. The highest BCUT2D eigenvalue weighted by Gasteiger charge is 2.56. The molecule has 2 saturated carbocycles. The molecule has 0 radical (unpaired) electrons. The van der Waals surface area contributed by atoms with Gasteiger partial charge in [0.15, 0.2) is 0 Å². The van der Waals surface area contributed by atoms with Gasteiger partial charge in [0, 0.05) is 37.2 Å². The number of nitrogens with one attached hydrogen (secondary N) is 2. The number of alkyl carbamates (subject to hydrolysis) is 1. The largest absolute Gasteiger partial charge is 0.493 e. The summed E-state index contributed by atoms with van der Waals surface area (Å²) in [7, 11) is 0. The number of hydrogen-bond donors (Lipinski definition) is 2. The standard InChI is InChI=1S/C31H44N4O5/c1-31(2,3)40-30(38)33-27(19-9-5-4-6-10-19)29(37)35-17-21-15-20-16-24(20)34(21)18-25(35)28(36)32-23-13-14-39-26-12-8-7-11-22(23)26/h7-8,11-12,19-21,23-25,27H,4-6,9-10,13-18H2,1-3H3,(H,32,36)(H,33,38)/t20-,21-,23-,24+,25+,27+/m1/s1. The van der Waals surface area contributed by atoms with Crippen molar-refractivity contribution in [3.8, 4) is 5.75 Å². The Morgan fingerprint density at radius 3 is 2.58 bits per heavy atom. The summed E-state index contributed by atoms with van der Waals surface area (Å²) in [6.07, 6.45) is 7.37. The summed E-state index contributed by atoms with van der Waals surface area (Å²) >= 11 is 0. The highest BCUT2D eigenvalue weighted by Crippen LogP contribution is 2.49. The molecule has 0 spiro atoms. The van der Waals surface area contributed by atoms with Crippen molar-refractivity contribution in [2.45, 2.75) is 108 Å². The predicted octanol–water partition coefficient (Wildman–Crippen LogP) is 3.77. The number of ether oxygens (including phenoxy) is 2. The van der Waals surface area contributed by atoms with Crippen LogP contribution in [0, 0.1) is 11.8 Å². The van der Waals surface area contributed by atoms with Gasteiger partial charge in [-0.05, 0) is 64.4 Å². The van der Waals surface area contributed by atoms with Crippen LogP contribution in [0.4, 0.5) is 4.79 Å². The van der Waals surface area contributed by atoms with Gasteiger partial charge in [-0.1, -0.05) is 37.5 Å². The molecule has 9 nitrogen and oxygen atoms in total. The summed E-state index contributed by atoms with van der Waals surface area (Å²) in [5, 5.41) is 6.23. The van der Waals surface area contributed by atoms with Crippen LogP contribution in [-0.2, 0) is 14.3 Å². The third kappa shape index (κ3) is 5.67. The topological polar surface area (TPSA) is 100 Å². The van der Waals surface area contributed by atoms with Crippen LogP contribution >= 0.6 is 0 Å². The maximum atomic E-state index is 14.4. The van der Waals surface area contributed by atoms with Gasteiger partial charge >= 0.3 is 6.09 Å². The van der Waals surface area contributed by atoms with E-state index in [4.69, 9.17) is 9.47 Å². The molecule has 3 amide bonds. The number of hydrogen-bond acceptors (Lipinski definition) is 6. The van der Waals surface area contributed by atoms with Crippen LogP contribution in [0.15, 0.2) is 24.3 Å². The van der Waals surface area contributed by atoms with Crippen molar-refractivity contribution < 1.29 is 23.9 Å². The second kappa shape index (κ2) is 10.9. The number of carbonyl (C=O) groups is 3. The number of nitrogens with zero attached hydrogens (tertiary/aromatic N) is 2. The first-order chi connectivity index (χ1) is 19.2. The van der Waals surface area contributed by atoms with Crippen molar-refractivity contribution in [3.05, 3.63) is 29.8 Å². The fraction of sp³-hybridized carbons (Fsp3) is 0.710. The lowest BCUT2D eigenvalue weighted by atomic mass is 9.83. The van der Waals surface area contributed by atoms with Gasteiger partial charge < -0.3 is 25.0 Å². The number of piperidine rings is 1. The average Bonchev–Trinajstić information content (AvgIpc) is 3.61. The van der Waals surface area contributed by atoms with Crippen LogP contribution in [0.25, 0.3) is 0 Å². The lowest BCUT2D eigenvalue weighted by Crippen LogP contribution is -2.66. The Bertz CT molecular complexity index is 1130. The minimum Gasteiger partial charge on any atom is -0.493 e. The third-order valence-corrected chi connectivity index (χ3v) is 9.44. The van der Waals surface area contributed by atoms with E-state index in [1.54, 1.807) is 4.90 Å². The molecule has 0 aromatic heterocycles. The molecule has 9 heteroatoms. The highest BCUT2D eigenvalue weighted by molar-refractivity contribution is 5.92. The van der Waals surface area contributed by atoms with Crippen LogP contribution < -0.4 is 15.4 Å². The van der Waals surface area contributed by atoms with Crippen LogP contribution in [0.5, 0.6) is 5.75 Å². The number of amides is 3. The fourth-order valence-electron chi connectivity index (χ4n) is 7.45. The van der Waals surface area contributed by atoms with E-state index in [0.717, 1.165) is 49.8 Å². The summed E-state index contributed by atoms with van der Waals surface area (Å²) in [5.74, 6) is 1.24. The Morgan fingerprint density at radius 2 is 1.80 bits per heavy atom. The van der Waals surface area contributed by atoms with Gasteiger partial charge in [-0.25, -0.2) is 4.79 Å². The van der Waals surface area contributed by atoms with Gasteiger partial charge in [0.05, 0.1) is 12.6 Å². The van der Waals surface area contributed by atoms with E-state index >= 15 is 0 Å². The van der Waals surface area contributed by atoms with Crippen LogP contribution in [0.3, 0.4) is 0 Å². The monoisotopic (exact) mass is 552 g/mol. The van der Waals surface area contributed by atoms with Gasteiger partial charge in [0.2, 0.25) is 11.8 Å². The van der Waals surface area contributed by atoms with Crippen molar-refractivity contribution >= 4 is 17.9 Å². The molecule has 6 atom stereocenters. The number of piperazine rings is 1. The molecule has 0 unspecified atom stereocenters. The second-order valence-corrected chi connectivity index (χ2v) is 13.4. The molecule has 1 aromatic rings. The van der Waals surface area contributed by atoms with E-state index in [0.29, 0.717) is 38.1 Å². The summed E-state index contributed by atoms with van der Waals surface area (Å²) in [5.41, 5.74) is 0.312. The van der Waals surface area contributed by atoms with E-state index in [1.165, 1.54) is 6.42 Å².